The summed E-state index contributed by atoms with van der Waals surface area (Å²) in [6, 6.07) is 3.55. The fourth-order valence-corrected chi connectivity index (χ4v) is 3.16. The minimum Gasteiger partial charge on any atom is -0.493 e. The Bertz CT molecular complexity index is 841. The first-order valence-corrected chi connectivity index (χ1v) is 11.3. The summed E-state index contributed by atoms with van der Waals surface area (Å²) in [6.45, 7) is 9.90. The van der Waals surface area contributed by atoms with E-state index in [-0.39, 0.29) is 12.0 Å². The molecule has 9 nitrogen and oxygen atoms in total. The second-order valence-corrected chi connectivity index (χ2v) is 6.70. The highest BCUT2D eigenvalue weighted by molar-refractivity contribution is 5.91. The number of benzene rings is 1. The van der Waals surface area contributed by atoms with Crippen LogP contribution in [0.5, 0.6) is 11.5 Å². The second kappa shape index (κ2) is 14.3. The Morgan fingerprint density at radius 3 is 2.44 bits per heavy atom. The first-order chi connectivity index (χ1) is 15.5. The fourth-order valence-electron chi connectivity index (χ4n) is 3.16. The number of fused-ring (bicyclic) bond motifs is 1. The van der Waals surface area contributed by atoms with Gasteiger partial charge in [0.1, 0.15) is 11.9 Å². The zero-order chi connectivity index (χ0) is 24.1. The van der Waals surface area contributed by atoms with E-state index in [4.69, 9.17) is 19.9 Å². The molecule has 0 bridgehead atoms. The molecule has 9 heteroatoms. The van der Waals surface area contributed by atoms with Crippen molar-refractivity contribution in [2.24, 2.45) is 0 Å². The highest BCUT2D eigenvalue weighted by Crippen LogP contribution is 2.33. The molecule has 2 aromatic rings. The molecule has 3 rings (SSSR count). The van der Waals surface area contributed by atoms with Gasteiger partial charge >= 0.3 is 0 Å². The van der Waals surface area contributed by atoms with E-state index >= 15 is 0 Å². The third-order valence-electron chi connectivity index (χ3n) is 4.75. The summed E-state index contributed by atoms with van der Waals surface area (Å²) in [5.41, 5.74) is 6.81. The van der Waals surface area contributed by atoms with Crippen LogP contribution >= 0.6 is 0 Å². The largest absolute Gasteiger partial charge is 0.493 e. The number of nitrogens with two attached hydrogens (primary N) is 1. The fraction of sp³-hybridized carbons (Fsp3) is 0.609. The average molecular weight is 450 g/mol. The van der Waals surface area contributed by atoms with Crippen LogP contribution in [-0.4, -0.2) is 62.9 Å². The molecule has 0 aliphatic carbocycles. The van der Waals surface area contributed by atoms with Crippen molar-refractivity contribution in [1.82, 2.24) is 15.3 Å². The number of nitrogens with zero attached hydrogens (tertiary/aromatic N) is 3. The molecule has 1 aromatic carbocycles. The van der Waals surface area contributed by atoms with Gasteiger partial charge in [0, 0.05) is 38.2 Å². The molecule has 1 aromatic heterocycles. The van der Waals surface area contributed by atoms with Crippen LogP contribution in [0.4, 0.5) is 11.8 Å². The Hall–Kier alpha value is -2.81. The maximum absolute atomic E-state index is 12.0. The van der Waals surface area contributed by atoms with E-state index < -0.39 is 0 Å². The Kier molecular flexibility index (Phi) is 12.2. The van der Waals surface area contributed by atoms with Gasteiger partial charge in [-0.25, -0.2) is 4.98 Å². The molecule has 1 aliphatic heterocycles. The summed E-state index contributed by atoms with van der Waals surface area (Å²) < 4.78 is 16.0. The van der Waals surface area contributed by atoms with E-state index in [2.05, 4.69) is 15.3 Å². The number of hydrogen-bond acceptors (Lipinski definition) is 8. The molecule has 1 saturated heterocycles. The van der Waals surface area contributed by atoms with Gasteiger partial charge in [-0.15, -0.1) is 0 Å². The van der Waals surface area contributed by atoms with Gasteiger partial charge in [-0.05, 0) is 25.3 Å². The second-order valence-electron chi connectivity index (χ2n) is 6.70. The molecule has 2 heterocycles. The first-order valence-electron chi connectivity index (χ1n) is 11.3. The molecular weight excluding hydrogens is 410 g/mol. The van der Waals surface area contributed by atoms with Crippen molar-refractivity contribution in [3.63, 3.8) is 0 Å². The minimum atomic E-state index is -0.298. The molecule has 0 saturated carbocycles. The van der Waals surface area contributed by atoms with Gasteiger partial charge in [-0.2, -0.15) is 4.98 Å². The third-order valence-corrected chi connectivity index (χ3v) is 4.75. The first kappa shape index (κ1) is 27.2. The smallest absolute Gasteiger partial charge is 0.249 e. The van der Waals surface area contributed by atoms with Gasteiger partial charge < -0.3 is 30.2 Å². The highest BCUT2D eigenvalue weighted by atomic mass is 16.5. The predicted octanol–water partition coefficient (Wildman–Crippen LogP) is 3.40. The minimum absolute atomic E-state index is 0.0348. The van der Waals surface area contributed by atoms with Gasteiger partial charge in [0.2, 0.25) is 11.9 Å². The topological polar surface area (TPSA) is 112 Å². The number of ether oxygens (including phenoxy) is 3. The van der Waals surface area contributed by atoms with Crippen molar-refractivity contribution in [3.05, 3.63) is 12.1 Å². The number of carbonyl (C=O) groups is 1. The standard InChI is InChI=1S/C19H27N5O4.2C2H6/c1-24(8-5-7-21-18(25)14-6-4-9-28-14)19-22-13-11-16(27-3)15(26-2)10-12(13)17(20)23-19;2*1-2/h10-11,14H,4-9H2,1-3H3,(H,21,25)(H2,20,22,23);2*1-2H3. The number of amides is 1. The van der Waals surface area contributed by atoms with Crippen molar-refractivity contribution < 1.29 is 19.0 Å². The summed E-state index contributed by atoms with van der Waals surface area (Å²) in [5.74, 6) is 2.02. The van der Waals surface area contributed by atoms with Crippen molar-refractivity contribution in [2.75, 3.05) is 51.6 Å². The zero-order valence-electron chi connectivity index (χ0n) is 20.5. The Balaban J connectivity index is 0.00000121. The summed E-state index contributed by atoms with van der Waals surface area (Å²) >= 11 is 0. The van der Waals surface area contributed by atoms with Gasteiger partial charge in [-0.1, -0.05) is 27.7 Å². The van der Waals surface area contributed by atoms with E-state index in [1.54, 1.807) is 26.4 Å². The summed E-state index contributed by atoms with van der Waals surface area (Å²) in [7, 11) is 5.04. The highest BCUT2D eigenvalue weighted by Gasteiger charge is 2.22. The lowest BCUT2D eigenvalue weighted by Gasteiger charge is -2.19. The van der Waals surface area contributed by atoms with Gasteiger partial charge in [0.25, 0.3) is 0 Å². The number of carbonyl (C=O) groups excluding carboxylic acids is 1. The van der Waals surface area contributed by atoms with E-state index in [0.717, 1.165) is 19.3 Å². The van der Waals surface area contributed by atoms with Crippen molar-refractivity contribution >= 4 is 28.6 Å². The van der Waals surface area contributed by atoms with Gasteiger partial charge in [0.05, 0.1) is 19.7 Å². The summed E-state index contributed by atoms with van der Waals surface area (Å²) in [5, 5.41) is 3.62. The third kappa shape index (κ3) is 7.12. The number of aromatic nitrogens is 2. The molecule has 0 radical (unpaired) electrons. The predicted molar refractivity (Wildman–Crippen MR) is 130 cm³/mol. The molecular formula is C23H39N5O4. The van der Waals surface area contributed by atoms with E-state index in [9.17, 15) is 4.79 Å². The van der Waals surface area contributed by atoms with Crippen molar-refractivity contribution in [1.29, 1.82) is 0 Å². The number of rotatable bonds is 8. The summed E-state index contributed by atoms with van der Waals surface area (Å²) in [6.07, 6.45) is 2.19. The Labute approximate surface area is 191 Å². The van der Waals surface area contributed by atoms with Crippen molar-refractivity contribution in [2.45, 2.75) is 53.1 Å². The van der Waals surface area contributed by atoms with E-state index in [1.807, 2.05) is 39.6 Å². The van der Waals surface area contributed by atoms with Crippen LogP contribution in [0, 0.1) is 0 Å². The lowest BCUT2D eigenvalue weighted by atomic mass is 10.2. The maximum atomic E-state index is 12.0. The van der Waals surface area contributed by atoms with Crippen LogP contribution in [0.15, 0.2) is 12.1 Å². The van der Waals surface area contributed by atoms with Crippen LogP contribution in [0.2, 0.25) is 0 Å². The number of nitrogen functional groups attached to an aromatic ring is 1. The van der Waals surface area contributed by atoms with Crippen LogP contribution in [0.1, 0.15) is 47.0 Å². The normalized spacial score (nSPS) is 14.5. The quantitative estimate of drug-likeness (QED) is 0.590. The molecule has 32 heavy (non-hydrogen) atoms. The Morgan fingerprint density at radius 1 is 1.19 bits per heavy atom. The molecule has 1 unspecified atom stereocenters. The lowest BCUT2D eigenvalue weighted by molar-refractivity contribution is -0.130. The molecule has 180 valence electrons. The maximum Gasteiger partial charge on any atom is 0.249 e. The number of anilines is 2. The molecule has 1 aliphatic rings. The number of nitrogens with one attached hydrogen (secondary N) is 1. The zero-order valence-corrected chi connectivity index (χ0v) is 20.5. The summed E-state index contributed by atoms with van der Waals surface area (Å²) in [4.78, 5) is 22.8. The van der Waals surface area contributed by atoms with Crippen LogP contribution in [0.3, 0.4) is 0 Å². The van der Waals surface area contributed by atoms with Gasteiger partial charge in [0.15, 0.2) is 11.5 Å². The van der Waals surface area contributed by atoms with Crippen LogP contribution in [-0.2, 0) is 9.53 Å². The SMILES string of the molecule is CC.CC.COc1cc2nc(N(C)CCCNC(=O)C3CCCO3)nc(N)c2cc1OC. The van der Waals surface area contributed by atoms with Crippen LogP contribution in [0.25, 0.3) is 10.9 Å². The Morgan fingerprint density at radius 2 is 1.84 bits per heavy atom. The monoisotopic (exact) mass is 449 g/mol. The molecule has 3 N–H and O–H groups in total. The van der Waals surface area contributed by atoms with Crippen molar-refractivity contribution in [3.8, 4) is 11.5 Å². The lowest BCUT2D eigenvalue weighted by Crippen LogP contribution is -2.36. The van der Waals surface area contributed by atoms with Gasteiger partial charge in [-0.3, -0.25) is 4.79 Å². The average Bonchev–Trinajstić information content (AvgIpc) is 3.38. The van der Waals surface area contributed by atoms with E-state index in [1.165, 1.54) is 0 Å². The molecule has 1 amide bonds. The molecule has 0 spiro atoms. The number of hydrogen-bond donors (Lipinski definition) is 2. The number of methoxy groups -OCH3 is 2. The van der Waals surface area contributed by atoms with E-state index in [0.29, 0.717) is 53.9 Å². The molecule has 1 atom stereocenters. The molecule has 1 fully saturated rings. The van der Waals surface area contributed by atoms with Crippen LogP contribution < -0.4 is 25.4 Å².